The highest BCUT2D eigenvalue weighted by molar-refractivity contribution is 7.90. The lowest BCUT2D eigenvalue weighted by molar-refractivity contribution is -0.130. The summed E-state index contributed by atoms with van der Waals surface area (Å²) in [4.78, 5) is 12.2. The van der Waals surface area contributed by atoms with Crippen LogP contribution in [0, 0.1) is 5.41 Å². The summed E-state index contributed by atoms with van der Waals surface area (Å²) in [6.45, 7) is 4.22. The SMILES string of the molecule is CCC(CC)(CN)C(=O)NCCS(=O)(=O)Cc1ccccc1. The fraction of sp³-hybridized carbons (Fsp3) is 0.562. The normalized spacial score (nSPS) is 12.1. The number of nitrogens with one attached hydrogen (secondary N) is 1. The minimum absolute atomic E-state index is 0.00665. The lowest BCUT2D eigenvalue weighted by atomic mass is 9.81. The van der Waals surface area contributed by atoms with Crippen molar-refractivity contribution in [1.82, 2.24) is 5.32 Å². The first-order valence-electron chi connectivity index (χ1n) is 7.62. The van der Waals surface area contributed by atoms with E-state index in [1.165, 1.54) is 0 Å². The van der Waals surface area contributed by atoms with Gasteiger partial charge < -0.3 is 11.1 Å². The smallest absolute Gasteiger partial charge is 0.227 e. The van der Waals surface area contributed by atoms with Gasteiger partial charge in [-0.3, -0.25) is 4.79 Å². The van der Waals surface area contributed by atoms with Crippen LogP contribution >= 0.6 is 0 Å². The summed E-state index contributed by atoms with van der Waals surface area (Å²) in [5.74, 6) is -0.232. The summed E-state index contributed by atoms with van der Waals surface area (Å²) in [6, 6.07) is 9.03. The molecule has 3 N–H and O–H groups in total. The largest absolute Gasteiger partial charge is 0.355 e. The van der Waals surface area contributed by atoms with E-state index in [1.807, 2.05) is 32.0 Å². The van der Waals surface area contributed by atoms with Crippen LogP contribution in [0.3, 0.4) is 0 Å². The highest BCUT2D eigenvalue weighted by Crippen LogP contribution is 2.24. The number of benzene rings is 1. The van der Waals surface area contributed by atoms with E-state index in [0.29, 0.717) is 12.8 Å². The molecule has 0 fully saturated rings. The van der Waals surface area contributed by atoms with Gasteiger partial charge in [0.25, 0.3) is 0 Å². The molecule has 1 amide bonds. The topological polar surface area (TPSA) is 89.3 Å². The van der Waals surface area contributed by atoms with Crippen molar-refractivity contribution in [3.8, 4) is 0 Å². The van der Waals surface area contributed by atoms with Crippen molar-refractivity contribution in [3.63, 3.8) is 0 Å². The van der Waals surface area contributed by atoms with E-state index >= 15 is 0 Å². The van der Waals surface area contributed by atoms with E-state index in [0.717, 1.165) is 5.56 Å². The van der Waals surface area contributed by atoms with Gasteiger partial charge in [0.15, 0.2) is 9.84 Å². The molecule has 6 heteroatoms. The number of sulfone groups is 1. The summed E-state index contributed by atoms with van der Waals surface area (Å²) in [5.41, 5.74) is 5.87. The maximum atomic E-state index is 12.2. The molecule has 0 aliphatic heterocycles. The van der Waals surface area contributed by atoms with Crippen molar-refractivity contribution in [2.24, 2.45) is 11.1 Å². The summed E-state index contributed by atoms with van der Waals surface area (Å²) in [7, 11) is -3.24. The van der Waals surface area contributed by atoms with Gasteiger partial charge in [0, 0.05) is 13.1 Å². The van der Waals surface area contributed by atoms with Crippen molar-refractivity contribution < 1.29 is 13.2 Å². The summed E-state index contributed by atoms with van der Waals surface area (Å²) in [5, 5.41) is 2.72. The molecule has 0 spiro atoms. The maximum absolute atomic E-state index is 12.2. The summed E-state index contributed by atoms with van der Waals surface area (Å²) < 4.78 is 24.1. The molecule has 0 aromatic heterocycles. The Morgan fingerprint density at radius 3 is 2.27 bits per heavy atom. The molecule has 124 valence electrons. The third-order valence-corrected chi connectivity index (χ3v) is 5.75. The van der Waals surface area contributed by atoms with Gasteiger partial charge in [-0.1, -0.05) is 44.2 Å². The number of rotatable bonds is 9. The first-order chi connectivity index (χ1) is 10.4. The van der Waals surface area contributed by atoms with Crippen molar-refractivity contribution in [2.45, 2.75) is 32.4 Å². The van der Waals surface area contributed by atoms with E-state index in [9.17, 15) is 13.2 Å². The Morgan fingerprint density at radius 2 is 1.77 bits per heavy atom. The lowest BCUT2D eigenvalue weighted by Gasteiger charge is -2.28. The molecule has 1 aromatic carbocycles. The Labute approximate surface area is 133 Å². The number of hydrogen-bond acceptors (Lipinski definition) is 4. The van der Waals surface area contributed by atoms with Crippen molar-refractivity contribution in [2.75, 3.05) is 18.8 Å². The van der Waals surface area contributed by atoms with Crippen LogP contribution < -0.4 is 11.1 Å². The highest BCUT2D eigenvalue weighted by atomic mass is 32.2. The quantitative estimate of drug-likeness (QED) is 0.719. The van der Waals surface area contributed by atoms with Gasteiger partial charge in [-0.25, -0.2) is 8.42 Å². The van der Waals surface area contributed by atoms with Crippen LogP contribution in [0.4, 0.5) is 0 Å². The molecule has 0 aliphatic rings. The fourth-order valence-corrected chi connectivity index (χ4v) is 3.62. The molecule has 0 heterocycles. The molecule has 22 heavy (non-hydrogen) atoms. The van der Waals surface area contributed by atoms with Crippen molar-refractivity contribution in [1.29, 1.82) is 0 Å². The Bertz CT molecular complexity index is 558. The van der Waals surface area contributed by atoms with Crippen LogP contribution in [-0.4, -0.2) is 33.2 Å². The van der Waals surface area contributed by atoms with Crippen LogP contribution in [0.5, 0.6) is 0 Å². The minimum Gasteiger partial charge on any atom is -0.355 e. The Morgan fingerprint density at radius 1 is 1.18 bits per heavy atom. The van der Waals surface area contributed by atoms with Crippen LogP contribution in [0.15, 0.2) is 30.3 Å². The fourth-order valence-electron chi connectivity index (χ4n) is 2.36. The van der Waals surface area contributed by atoms with E-state index in [4.69, 9.17) is 5.73 Å². The second-order valence-electron chi connectivity index (χ2n) is 5.53. The molecule has 1 aromatic rings. The van der Waals surface area contributed by atoms with Crippen molar-refractivity contribution in [3.05, 3.63) is 35.9 Å². The molecule has 0 atom stereocenters. The van der Waals surface area contributed by atoms with Gasteiger partial charge in [0.05, 0.1) is 16.9 Å². The van der Waals surface area contributed by atoms with E-state index in [2.05, 4.69) is 5.32 Å². The molecular formula is C16H26N2O3S. The molecular weight excluding hydrogens is 300 g/mol. The number of nitrogens with two attached hydrogens (primary N) is 1. The van der Waals surface area contributed by atoms with E-state index < -0.39 is 15.3 Å². The molecule has 0 radical (unpaired) electrons. The molecule has 0 saturated carbocycles. The predicted molar refractivity (Wildman–Crippen MR) is 89.0 cm³/mol. The number of carbonyl (C=O) groups excluding carboxylic acids is 1. The second-order valence-corrected chi connectivity index (χ2v) is 7.71. The van der Waals surface area contributed by atoms with Crippen LogP contribution in [0.25, 0.3) is 0 Å². The van der Waals surface area contributed by atoms with E-state index in [1.54, 1.807) is 12.1 Å². The van der Waals surface area contributed by atoms with E-state index in [-0.39, 0.29) is 30.5 Å². The van der Waals surface area contributed by atoms with Gasteiger partial charge >= 0.3 is 0 Å². The molecule has 0 unspecified atom stereocenters. The second kappa shape index (κ2) is 8.29. The first-order valence-corrected chi connectivity index (χ1v) is 9.44. The molecule has 1 rings (SSSR count). The average molecular weight is 326 g/mol. The van der Waals surface area contributed by atoms with Gasteiger partial charge in [-0.15, -0.1) is 0 Å². The van der Waals surface area contributed by atoms with Crippen LogP contribution in [0.1, 0.15) is 32.3 Å². The number of carbonyl (C=O) groups is 1. The van der Waals surface area contributed by atoms with Gasteiger partial charge in [-0.05, 0) is 18.4 Å². The molecule has 5 nitrogen and oxygen atoms in total. The first kappa shape index (κ1) is 18.6. The summed E-state index contributed by atoms with van der Waals surface area (Å²) in [6.07, 6.45) is 1.28. The minimum atomic E-state index is -3.24. The van der Waals surface area contributed by atoms with Gasteiger partial charge in [-0.2, -0.15) is 0 Å². The highest BCUT2D eigenvalue weighted by Gasteiger charge is 2.33. The van der Waals surface area contributed by atoms with Crippen LogP contribution in [-0.2, 0) is 20.4 Å². The third-order valence-electron chi connectivity index (χ3n) is 4.15. The van der Waals surface area contributed by atoms with Crippen LogP contribution in [0.2, 0.25) is 0 Å². The third kappa shape index (κ3) is 5.10. The standard InChI is InChI=1S/C16H26N2O3S/c1-3-16(4-2,13-17)15(19)18-10-11-22(20,21)12-14-8-6-5-7-9-14/h5-9H,3-4,10-13,17H2,1-2H3,(H,18,19). The molecule has 0 saturated heterocycles. The lowest BCUT2D eigenvalue weighted by Crippen LogP contribution is -2.46. The van der Waals surface area contributed by atoms with Crippen molar-refractivity contribution >= 4 is 15.7 Å². The molecule has 0 aliphatic carbocycles. The van der Waals surface area contributed by atoms with Gasteiger partial charge in [0.2, 0.25) is 5.91 Å². The predicted octanol–water partition coefficient (Wildman–Crippen LogP) is 1.48. The number of hydrogen-bond donors (Lipinski definition) is 2. The zero-order valence-corrected chi connectivity index (χ0v) is 14.2. The monoisotopic (exact) mass is 326 g/mol. The maximum Gasteiger partial charge on any atom is 0.227 e. The Balaban J connectivity index is 2.54. The molecule has 0 bridgehead atoms. The zero-order valence-electron chi connectivity index (χ0n) is 13.3. The Kier molecular flexibility index (Phi) is 7.03. The summed E-state index contributed by atoms with van der Waals surface area (Å²) >= 11 is 0. The van der Waals surface area contributed by atoms with Gasteiger partial charge in [0.1, 0.15) is 0 Å². The number of amides is 1. The average Bonchev–Trinajstić information content (AvgIpc) is 2.50. The Hall–Kier alpha value is -1.40. The zero-order chi connectivity index (χ0) is 16.6.